The van der Waals surface area contributed by atoms with Gasteiger partial charge in [-0.1, -0.05) is 114 Å². The van der Waals surface area contributed by atoms with E-state index in [-0.39, 0.29) is 23.6 Å². The van der Waals surface area contributed by atoms with Gasteiger partial charge in [0.05, 0.1) is 11.2 Å². The number of ether oxygens (including phenoxy) is 1. The van der Waals surface area contributed by atoms with Crippen LogP contribution in [0.25, 0.3) is 0 Å². The predicted octanol–water partition coefficient (Wildman–Crippen LogP) is 4.52. The Morgan fingerprint density at radius 2 is 1.51 bits per heavy atom. The van der Waals surface area contributed by atoms with Gasteiger partial charge in [-0.2, -0.15) is 0 Å². The Hall–Kier alpha value is -2.85. The Balaban J connectivity index is 1.34. The number of esters is 1. The first-order chi connectivity index (χ1) is 17.9. The number of thioether (sulfide) groups is 1. The first-order valence-corrected chi connectivity index (χ1v) is 14.5. The summed E-state index contributed by atoms with van der Waals surface area (Å²) < 4.78 is 6.26. The van der Waals surface area contributed by atoms with Gasteiger partial charge in [0, 0.05) is 4.43 Å². The Kier molecular flexibility index (Phi) is 7.57. The summed E-state index contributed by atoms with van der Waals surface area (Å²) in [5, 5.41) is 2.59. The minimum absolute atomic E-state index is 0.201. The molecule has 2 amide bonds. The molecule has 1 N–H and O–H groups in total. The van der Waals surface area contributed by atoms with E-state index in [1.165, 1.54) is 0 Å². The van der Waals surface area contributed by atoms with E-state index in [9.17, 15) is 14.4 Å². The Labute approximate surface area is 234 Å². The summed E-state index contributed by atoms with van der Waals surface area (Å²) in [4.78, 5) is 41.3. The molecule has 0 saturated carbocycles. The predicted molar refractivity (Wildman–Crippen MR) is 152 cm³/mol. The van der Waals surface area contributed by atoms with Crippen molar-refractivity contribution in [2.75, 3.05) is 4.43 Å². The fourth-order valence-electron chi connectivity index (χ4n) is 4.89. The molecule has 2 aliphatic heterocycles. The van der Waals surface area contributed by atoms with Crippen LogP contribution in [0, 0.1) is 0 Å². The zero-order valence-corrected chi connectivity index (χ0v) is 23.2. The summed E-state index contributed by atoms with van der Waals surface area (Å²) in [7, 11) is 0. The van der Waals surface area contributed by atoms with E-state index in [4.69, 9.17) is 4.74 Å². The molecule has 5 rings (SSSR count). The fraction of sp³-hybridized carbons (Fsp3) is 0.276. The monoisotopic (exact) mass is 626 g/mol. The van der Waals surface area contributed by atoms with Gasteiger partial charge in [-0.3, -0.25) is 9.59 Å². The van der Waals surface area contributed by atoms with Crippen LogP contribution in [0.5, 0.6) is 0 Å². The Morgan fingerprint density at radius 3 is 2.05 bits per heavy atom. The minimum atomic E-state index is -0.746. The van der Waals surface area contributed by atoms with Gasteiger partial charge in [-0.15, -0.1) is 11.8 Å². The lowest BCUT2D eigenvalue weighted by atomic mass is 9.95. The van der Waals surface area contributed by atoms with Crippen LogP contribution in [-0.4, -0.2) is 49.3 Å². The summed E-state index contributed by atoms with van der Waals surface area (Å²) in [5.41, 5.74) is 2.61. The number of halogens is 1. The zero-order valence-electron chi connectivity index (χ0n) is 20.3. The molecule has 4 atom stereocenters. The van der Waals surface area contributed by atoms with Gasteiger partial charge in [0.1, 0.15) is 17.5 Å². The van der Waals surface area contributed by atoms with Crippen LogP contribution in [0.1, 0.15) is 29.7 Å². The molecule has 0 radical (unpaired) electrons. The number of amides is 2. The van der Waals surface area contributed by atoms with Crippen molar-refractivity contribution in [1.82, 2.24) is 10.2 Å². The van der Waals surface area contributed by atoms with Crippen molar-refractivity contribution in [3.8, 4) is 0 Å². The van der Waals surface area contributed by atoms with Crippen LogP contribution in [0.2, 0.25) is 0 Å². The van der Waals surface area contributed by atoms with Crippen molar-refractivity contribution in [2.45, 2.75) is 41.7 Å². The van der Waals surface area contributed by atoms with Crippen LogP contribution in [0.15, 0.2) is 91.0 Å². The van der Waals surface area contributed by atoms with Crippen LogP contribution in [-0.2, 0) is 25.5 Å². The number of fused-ring (bicyclic) bond motifs is 1. The minimum Gasteiger partial charge on any atom is -0.451 e. The standard InChI is InChI=1S/C29H27IN2O4S/c1-29(18-30)25(28(35)36-24(20-13-7-3-8-14-20)21-15-9-4-10-16-21)32-26(34)23(27(32)37-29)31-22(33)17-19-11-5-2-6-12-19/h2-16,23-25,27H,17-18H2,1H3,(H,31,33). The molecule has 3 aromatic rings. The van der Waals surface area contributed by atoms with Gasteiger partial charge >= 0.3 is 5.97 Å². The molecular formula is C29H27IN2O4S. The van der Waals surface area contributed by atoms with Gasteiger partial charge in [-0.05, 0) is 23.6 Å². The van der Waals surface area contributed by atoms with Crippen molar-refractivity contribution in [3.63, 3.8) is 0 Å². The van der Waals surface area contributed by atoms with Crippen LogP contribution >= 0.6 is 34.4 Å². The van der Waals surface area contributed by atoms with E-state index in [0.717, 1.165) is 16.7 Å². The number of hydrogen-bond donors (Lipinski definition) is 1. The van der Waals surface area contributed by atoms with E-state index in [1.807, 2.05) is 97.9 Å². The fourth-order valence-corrected chi connectivity index (χ4v) is 7.46. The van der Waals surface area contributed by atoms with Crippen LogP contribution < -0.4 is 5.32 Å². The first kappa shape index (κ1) is 25.8. The van der Waals surface area contributed by atoms with Gasteiger partial charge in [0.15, 0.2) is 6.10 Å². The Morgan fingerprint density at radius 1 is 0.973 bits per heavy atom. The smallest absolute Gasteiger partial charge is 0.331 e. The third-order valence-corrected chi connectivity index (χ3v) is 10.5. The second kappa shape index (κ2) is 10.9. The lowest BCUT2D eigenvalue weighted by Crippen LogP contribution is -2.71. The molecule has 8 heteroatoms. The van der Waals surface area contributed by atoms with Crippen molar-refractivity contribution in [1.29, 1.82) is 0 Å². The van der Waals surface area contributed by atoms with Crippen molar-refractivity contribution in [3.05, 3.63) is 108 Å². The molecule has 37 heavy (non-hydrogen) atoms. The van der Waals surface area contributed by atoms with E-state index >= 15 is 0 Å². The summed E-state index contributed by atoms with van der Waals surface area (Å²) >= 11 is 3.82. The molecular weight excluding hydrogens is 599 g/mol. The second-order valence-corrected chi connectivity index (χ2v) is 11.9. The highest BCUT2D eigenvalue weighted by Crippen LogP contribution is 2.52. The molecule has 6 nitrogen and oxygen atoms in total. The van der Waals surface area contributed by atoms with Gasteiger partial charge in [-0.25, -0.2) is 4.79 Å². The van der Waals surface area contributed by atoms with Gasteiger partial charge in [0.25, 0.3) is 0 Å². The number of rotatable bonds is 8. The summed E-state index contributed by atoms with van der Waals surface area (Å²) in [6.45, 7) is 1.99. The lowest BCUT2D eigenvalue weighted by molar-refractivity contribution is -0.166. The maximum Gasteiger partial charge on any atom is 0.331 e. The Bertz CT molecular complexity index is 1240. The average Bonchev–Trinajstić information content (AvgIpc) is 3.22. The molecule has 0 spiro atoms. The maximum absolute atomic E-state index is 13.8. The quantitative estimate of drug-likeness (QED) is 0.172. The van der Waals surface area contributed by atoms with Crippen molar-refractivity contribution < 1.29 is 19.1 Å². The van der Waals surface area contributed by atoms with E-state index in [0.29, 0.717) is 4.43 Å². The highest BCUT2D eigenvalue weighted by atomic mass is 127. The topological polar surface area (TPSA) is 75.7 Å². The van der Waals surface area contributed by atoms with Crippen molar-refractivity contribution in [2.24, 2.45) is 0 Å². The molecule has 190 valence electrons. The largest absolute Gasteiger partial charge is 0.451 e. The summed E-state index contributed by atoms with van der Waals surface area (Å²) in [6, 6.07) is 27.3. The number of benzene rings is 3. The molecule has 2 fully saturated rings. The molecule has 2 heterocycles. The SMILES string of the molecule is CC1(CI)SC2C(NC(=O)Cc3ccccc3)C(=O)N2C1C(=O)OC(c1ccccc1)c1ccccc1. The number of β-lactam (4-membered cyclic amide) rings is 1. The second-order valence-electron chi connectivity index (χ2n) is 9.45. The first-order valence-electron chi connectivity index (χ1n) is 12.1. The highest BCUT2D eigenvalue weighted by molar-refractivity contribution is 14.1. The molecule has 4 unspecified atom stereocenters. The number of nitrogens with one attached hydrogen (secondary N) is 1. The van der Waals surface area contributed by atoms with Gasteiger partial charge in [0.2, 0.25) is 11.8 Å². The third kappa shape index (κ3) is 5.13. The molecule has 3 aromatic carbocycles. The van der Waals surface area contributed by atoms with Crippen LogP contribution in [0.3, 0.4) is 0 Å². The number of nitrogens with zero attached hydrogens (tertiary/aromatic N) is 1. The summed E-state index contributed by atoms with van der Waals surface area (Å²) in [6.07, 6.45) is -0.387. The molecule has 0 aromatic heterocycles. The molecule has 2 aliphatic rings. The van der Waals surface area contributed by atoms with E-state index in [2.05, 4.69) is 27.9 Å². The summed E-state index contributed by atoms with van der Waals surface area (Å²) in [5.74, 6) is -0.889. The van der Waals surface area contributed by atoms with Gasteiger partial charge < -0.3 is 15.0 Å². The molecule has 0 aliphatic carbocycles. The zero-order chi connectivity index (χ0) is 26.0. The number of carbonyl (C=O) groups is 3. The highest BCUT2D eigenvalue weighted by Gasteiger charge is 2.65. The normalized spacial score (nSPS) is 24.4. The average molecular weight is 627 g/mol. The maximum atomic E-state index is 13.8. The van der Waals surface area contributed by atoms with E-state index < -0.39 is 28.9 Å². The number of hydrogen-bond acceptors (Lipinski definition) is 5. The third-order valence-electron chi connectivity index (χ3n) is 6.78. The number of alkyl halides is 1. The molecule has 2 saturated heterocycles. The number of carbonyl (C=O) groups excluding carboxylic acids is 3. The molecule has 0 bridgehead atoms. The van der Waals surface area contributed by atoms with Crippen LogP contribution in [0.4, 0.5) is 0 Å². The van der Waals surface area contributed by atoms with Crippen molar-refractivity contribution >= 4 is 52.1 Å². The van der Waals surface area contributed by atoms with E-state index in [1.54, 1.807) is 16.7 Å². The lowest BCUT2D eigenvalue weighted by Gasteiger charge is -2.44.